The van der Waals surface area contributed by atoms with Gasteiger partial charge in [0.25, 0.3) is 0 Å². The van der Waals surface area contributed by atoms with Crippen molar-refractivity contribution in [2.75, 3.05) is 19.8 Å². The molecule has 0 unspecified atom stereocenters. The third-order valence-corrected chi connectivity index (χ3v) is 4.31. The first-order chi connectivity index (χ1) is 8.85. The van der Waals surface area contributed by atoms with Gasteiger partial charge in [-0.3, -0.25) is 4.99 Å². The van der Waals surface area contributed by atoms with Gasteiger partial charge in [0.05, 0.1) is 0 Å². The van der Waals surface area contributed by atoms with E-state index >= 15 is 0 Å². The molecule has 0 aliphatic rings. The molecule has 0 rings (SSSR count). The molecule has 0 aromatic heterocycles. The van der Waals surface area contributed by atoms with E-state index in [1.165, 1.54) is 70.0 Å². The summed E-state index contributed by atoms with van der Waals surface area (Å²) < 4.78 is 0. The Bertz CT molecular complexity index is 193. The van der Waals surface area contributed by atoms with Crippen LogP contribution in [0.15, 0.2) is 4.99 Å². The predicted molar refractivity (Wildman–Crippen MR) is 86.7 cm³/mol. The second kappa shape index (κ2) is 14.9. The summed E-state index contributed by atoms with van der Waals surface area (Å²) in [4.78, 5) is 4.16. The van der Waals surface area contributed by atoms with Crippen LogP contribution in [0.3, 0.4) is 0 Å². The average molecular weight is 273 g/mol. The summed E-state index contributed by atoms with van der Waals surface area (Å²) in [6.07, 6.45) is 14.1. The lowest BCUT2D eigenvalue weighted by Crippen LogP contribution is -2.14. The van der Waals surface area contributed by atoms with E-state index in [1.807, 2.05) is 25.9 Å². The van der Waals surface area contributed by atoms with E-state index in [-0.39, 0.29) is 0 Å². The van der Waals surface area contributed by atoms with Gasteiger partial charge in [-0.2, -0.15) is 0 Å². The first-order valence-corrected chi connectivity index (χ1v) is 8.61. The summed E-state index contributed by atoms with van der Waals surface area (Å²) in [5, 5.41) is 4.16. The monoisotopic (exact) mass is 272 g/mol. The van der Waals surface area contributed by atoms with E-state index in [4.69, 9.17) is 0 Å². The number of hydrogen-bond acceptors (Lipinski definition) is 2. The number of nitrogens with zero attached hydrogens (tertiary/aromatic N) is 1. The summed E-state index contributed by atoms with van der Waals surface area (Å²) in [5.41, 5.74) is 0. The molecule has 0 spiro atoms. The Kier molecular flexibility index (Phi) is 14.7. The second-order valence-corrected chi connectivity index (χ2v) is 5.89. The van der Waals surface area contributed by atoms with Crippen LogP contribution in [0.1, 0.15) is 71.1 Å². The van der Waals surface area contributed by atoms with Crippen molar-refractivity contribution in [3.63, 3.8) is 0 Å². The smallest absolute Gasteiger partial charge is 0.156 e. The minimum atomic E-state index is 1.06. The van der Waals surface area contributed by atoms with Gasteiger partial charge in [-0.1, -0.05) is 76.5 Å². The van der Waals surface area contributed by atoms with E-state index in [1.54, 1.807) is 0 Å². The van der Waals surface area contributed by atoms with E-state index < -0.39 is 0 Å². The molecule has 0 aliphatic heterocycles. The van der Waals surface area contributed by atoms with Crippen LogP contribution in [0.5, 0.6) is 0 Å². The van der Waals surface area contributed by atoms with Crippen molar-refractivity contribution in [2.24, 2.45) is 4.99 Å². The highest BCUT2D eigenvalue weighted by Gasteiger charge is 1.96. The summed E-state index contributed by atoms with van der Waals surface area (Å²) in [6, 6.07) is 0. The fourth-order valence-corrected chi connectivity index (χ4v) is 2.82. The first kappa shape index (κ1) is 17.8. The van der Waals surface area contributed by atoms with Crippen LogP contribution in [0, 0.1) is 0 Å². The zero-order valence-corrected chi connectivity index (χ0v) is 13.5. The van der Waals surface area contributed by atoms with Crippen LogP contribution in [0.2, 0.25) is 0 Å². The predicted octanol–water partition coefficient (Wildman–Crippen LogP) is 4.85. The van der Waals surface area contributed by atoms with Crippen LogP contribution >= 0.6 is 11.8 Å². The van der Waals surface area contributed by atoms with Crippen LogP contribution in [-0.4, -0.2) is 25.0 Å². The molecule has 0 aromatic rings. The normalized spacial score (nSPS) is 11.8. The Morgan fingerprint density at radius 1 is 0.889 bits per heavy atom. The Morgan fingerprint density at radius 3 is 1.83 bits per heavy atom. The number of thioether (sulfide) groups is 1. The second-order valence-electron chi connectivity index (χ2n) is 4.81. The van der Waals surface area contributed by atoms with E-state index in [2.05, 4.69) is 17.2 Å². The Morgan fingerprint density at radius 2 is 1.39 bits per heavy atom. The number of rotatable bonds is 11. The van der Waals surface area contributed by atoms with Crippen molar-refractivity contribution in [2.45, 2.75) is 71.1 Å². The van der Waals surface area contributed by atoms with Crippen LogP contribution in [0.25, 0.3) is 0 Å². The van der Waals surface area contributed by atoms with E-state index in [0.29, 0.717) is 0 Å². The minimum Gasteiger partial charge on any atom is -0.368 e. The SMILES string of the molecule is CCCCCCCCCCCCSC(=NC)NC. The standard InChI is InChI=1S/C15H32N2S/c1-4-5-6-7-8-9-10-11-12-13-14-18-15(16-2)17-3/h4-14H2,1-3H3,(H,16,17). The fraction of sp³-hybridized carbons (Fsp3) is 0.933. The molecular weight excluding hydrogens is 240 g/mol. The average Bonchev–Trinajstić information content (AvgIpc) is 2.40. The lowest BCUT2D eigenvalue weighted by molar-refractivity contribution is 0.563. The molecular formula is C15H32N2S. The lowest BCUT2D eigenvalue weighted by atomic mass is 10.1. The molecule has 0 saturated heterocycles. The highest BCUT2D eigenvalue weighted by molar-refractivity contribution is 8.13. The molecule has 0 radical (unpaired) electrons. The van der Waals surface area contributed by atoms with Crippen molar-refractivity contribution < 1.29 is 0 Å². The summed E-state index contributed by atoms with van der Waals surface area (Å²) >= 11 is 1.84. The number of amidine groups is 1. The molecule has 0 aromatic carbocycles. The number of aliphatic imine (C=N–C) groups is 1. The van der Waals surface area contributed by atoms with Crippen molar-refractivity contribution in [1.82, 2.24) is 5.32 Å². The zero-order chi connectivity index (χ0) is 13.5. The summed E-state index contributed by atoms with van der Waals surface area (Å²) in [7, 11) is 3.78. The van der Waals surface area contributed by atoms with Crippen LogP contribution in [0.4, 0.5) is 0 Å². The zero-order valence-electron chi connectivity index (χ0n) is 12.6. The number of unbranched alkanes of at least 4 members (excludes halogenated alkanes) is 9. The molecule has 0 bridgehead atoms. The van der Waals surface area contributed by atoms with Gasteiger partial charge in [0.1, 0.15) is 0 Å². The minimum absolute atomic E-state index is 1.06. The number of hydrogen-bond donors (Lipinski definition) is 1. The van der Waals surface area contributed by atoms with Crippen molar-refractivity contribution >= 4 is 16.9 Å². The Labute approximate surface area is 118 Å². The van der Waals surface area contributed by atoms with Gasteiger partial charge < -0.3 is 5.32 Å². The summed E-state index contributed by atoms with van der Waals surface area (Å²) in [5.74, 6) is 1.20. The molecule has 0 amide bonds. The van der Waals surface area contributed by atoms with E-state index in [9.17, 15) is 0 Å². The highest BCUT2D eigenvalue weighted by atomic mass is 32.2. The molecule has 3 heteroatoms. The Balaban J connectivity index is 3.07. The van der Waals surface area contributed by atoms with Gasteiger partial charge in [-0.05, 0) is 6.42 Å². The quantitative estimate of drug-likeness (QED) is 0.330. The van der Waals surface area contributed by atoms with Gasteiger partial charge in [0.15, 0.2) is 5.17 Å². The topological polar surface area (TPSA) is 24.4 Å². The van der Waals surface area contributed by atoms with Crippen molar-refractivity contribution in [1.29, 1.82) is 0 Å². The lowest BCUT2D eigenvalue weighted by Gasteiger charge is -2.04. The third-order valence-electron chi connectivity index (χ3n) is 3.15. The van der Waals surface area contributed by atoms with Gasteiger partial charge in [0, 0.05) is 19.8 Å². The molecule has 0 heterocycles. The maximum absolute atomic E-state index is 4.16. The molecule has 0 saturated carbocycles. The van der Waals surface area contributed by atoms with E-state index in [0.717, 1.165) is 5.17 Å². The maximum Gasteiger partial charge on any atom is 0.156 e. The van der Waals surface area contributed by atoms with Crippen molar-refractivity contribution in [3.05, 3.63) is 0 Å². The molecule has 1 N–H and O–H groups in total. The molecule has 0 atom stereocenters. The molecule has 0 aliphatic carbocycles. The van der Waals surface area contributed by atoms with Gasteiger partial charge >= 0.3 is 0 Å². The number of nitrogens with one attached hydrogen (secondary N) is 1. The highest BCUT2D eigenvalue weighted by Crippen LogP contribution is 2.12. The summed E-state index contributed by atoms with van der Waals surface area (Å²) in [6.45, 7) is 2.28. The van der Waals surface area contributed by atoms with Gasteiger partial charge in [-0.25, -0.2) is 0 Å². The molecule has 0 fully saturated rings. The fourth-order valence-electron chi connectivity index (χ4n) is 2.01. The van der Waals surface area contributed by atoms with Gasteiger partial charge in [-0.15, -0.1) is 0 Å². The Hall–Kier alpha value is -0.180. The van der Waals surface area contributed by atoms with Crippen LogP contribution in [-0.2, 0) is 0 Å². The van der Waals surface area contributed by atoms with Gasteiger partial charge in [0.2, 0.25) is 0 Å². The molecule has 2 nitrogen and oxygen atoms in total. The maximum atomic E-state index is 4.16. The first-order valence-electron chi connectivity index (χ1n) is 7.62. The van der Waals surface area contributed by atoms with Crippen LogP contribution < -0.4 is 5.32 Å². The third kappa shape index (κ3) is 12.3. The molecule has 18 heavy (non-hydrogen) atoms. The van der Waals surface area contributed by atoms with Crippen molar-refractivity contribution in [3.8, 4) is 0 Å². The molecule has 108 valence electrons. The largest absolute Gasteiger partial charge is 0.368 e.